The number of anilines is 1. The standard InChI is InChI=1S/C13H23N3O2/c1-3-5-7-17-8-9-18-13-10-12(14-6-4-2)15-11-16-13/h10-11H,3-9H2,1-2H3,(H,14,15,16). The molecule has 1 aromatic rings. The van der Waals surface area contributed by atoms with Crippen molar-refractivity contribution >= 4 is 5.82 Å². The first-order valence-corrected chi connectivity index (χ1v) is 6.63. The van der Waals surface area contributed by atoms with Crippen molar-refractivity contribution in [2.24, 2.45) is 0 Å². The van der Waals surface area contributed by atoms with Crippen LogP contribution in [0.2, 0.25) is 0 Å². The van der Waals surface area contributed by atoms with E-state index in [0.717, 1.165) is 38.2 Å². The molecule has 0 radical (unpaired) electrons. The van der Waals surface area contributed by atoms with Crippen molar-refractivity contribution in [2.75, 3.05) is 31.7 Å². The zero-order chi connectivity index (χ0) is 13.1. The van der Waals surface area contributed by atoms with Crippen LogP contribution >= 0.6 is 0 Å². The molecular weight excluding hydrogens is 230 g/mol. The highest BCUT2D eigenvalue weighted by atomic mass is 16.5. The van der Waals surface area contributed by atoms with Crippen molar-refractivity contribution in [3.63, 3.8) is 0 Å². The van der Waals surface area contributed by atoms with Gasteiger partial charge in [-0.15, -0.1) is 0 Å². The van der Waals surface area contributed by atoms with E-state index in [2.05, 4.69) is 29.1 Å². The highest BCUT2D eigenvalue weighted by molar-refractivity contribution is 5.36. The lowest BCUT2D eigenvalue weighted by atomic mass is 10.4. The Labute approximate surface area is 109 Å². The lowest BCUT2D eigenvalue weighted by molar-refractivity contribution is 0.0965. The molecule has 0 unspecified atom stereocenters. The van der Waals surface area contributed by atoms with Crippen molar-refractivity contribution < 1.29 is 9.47 Å². The molecule has 0 fully saturated rings. The maximum absolute atomic E-state index is 5.49. The summed E-state index contributed by atoms with van der Waals surface area (Å²) >= 11 is 0. The number of aromatic nitrogens is 2. The van der Waals surface area contributed by atoms with Gasteiger partial charge in [-0.05, 0) is 12.8 Å². The highest BCUT2D eigenvalue weighted by Gasteiger charge is 1.99. The molecule has 1 N–H and O–H groups in total. The van der Waals surface area contributed by atoms with Crippen LogP contribution in [-0.2, 0) is 4.74 Å². The zero-order valence-electron chi connectivity index (χ0n) is 11.3. The van der Waals surface area contributed by atoms with E-state index in [1.54, 1.807) is 0 Å². The van der Waals surface area contributed by atoms with Gasteiger partial charge in [0, 0.05) is 19.2 Å². The lowest BCUT2D eigenvalue weighted by Crippen LogP contribution is -2.09. The van der Waals surface area contributed by atoms with Crippen molar-refractivity contribution in [1.82, 2.24) is 9.97 Å². The van der Waals surface area contributed by atoms with Gasteiger partial charge in [-0.1, -0.05) is 20.3 Å². The number of nitrogens with zero attached hydrogens (tertiary/aromatic N) is 2. The third-order valence-corrected chi connectivity index (χ3v) is 2.32. The molecule has 0 atom stereocenters. The average molecular weight is 253 g/mol. The molecule has 0 saturated heterocycles. The number of rotatable bonds is 10. The Morgan fingerprint density at radius 3 is 2.78 bits per heavy atom. The summed E-state index contributed by atoms with van der Waals surface area (Å²) in [6.45, 7) is 7.07. The molecule has 0 aliphatic rings. The van der Waals surface area contributed by atoms with E-state index in [-0.39, 0.29) is 0 Å². The predicted molar refractivity (Wildman–Crippen MR) is 72.0 cm³/mol. The number of nitrogens with one attached hydrogen (secondary N) is 1. The van der Waals surface area contributed by atoms with Gasteiger partial charge in [-0.3, -0.25) is 0 Å². The molecule has 0 saturated carbocycles. The SMILES string of the molecule is CCCCOCCOc1cc(NCCC)ncn1. The van der Waals surface area contributed by atoms with Gasteiger partial charge in [0.05, 0.1) is 6.61 Å². The topological polar surface area (TPSA) is 56.3 Å². The van der Waals surface area contributed by atoms with Gasteiger partial charge in [-0.25, -0.2) is 9.97 Å². The fourth-order valence-electron chi connectivity index (χ4n) is 1.32. The minimum absolute atomic E-state index is 0.522. The van der Waals surface area contributed by atoms with Crippen LogP contribution in [0.25, 0.3) is 0 Å². The summed E-state index contributed by atoms with van der Waals surface area (Å²) < 4.78 is 10.9. The van der Waals surface area contributed by atoms with Gasteiger partial charge in [0.25, 0.3) is 0 Å². The summed E-state index contributed by atoms with van der Waals surface area (Å²) in [6, 6.07) is 1.81. The third kappa shape index (κ3) is 6.39. The molecule has 102 valence electrons. The van der Waals surface area contributed by atoms with Crippen LogP contribution in [0.1, 0.15) is 33.1 Å². The zero-order valence-corrected chi connectivity index (χ0v) is 11.3. The molecule has 1 rings (SSSR count). The molecule has 18 heavy (non-hydrogen) atoms. The lowest BCUT2D eigenvalue weighted by Gasteiger charge is -2.07. The third-order valence-electron chi connectivity index (χ3n) is 2.32. The Morgan fingerprint density at radius 1 is 1.11 bits per heavy atom. The molecule has 0 bridgehead atoms. The van der Waals surface area contributed by atoms with Crippen LogP contribution in [0.15, 0.2) is 12.4 Å². The van der Waals surface area contributed by atoms with Gasteiger partial charge >= 0.3 is 0 Å². The van der Waals surface area contributed by atoms with E-state index in [1.807, 2.05) is 6.07 Å². The fourth-order valence-corrected chi connectivity index (χ4v) is 1.32. The van der Waals surface area contributed by atoms with Crippen LogP contribution in [0, 0.1) is 0 Å². The van der Waals surface area contributed by atoms with Gasteiger partial charge in [-0.2, -0.15) is 0 Å². The molecular formula is C13H23N3O2. The fraction of sp³-hybridized carbons (Fsp3) is 0.692. The van der Waals surface area contributed by atoms with Crippen LogP contribution in [0.4, 0.5) is 5.82 Å². The van der Waals surface area contributed by atoms with Crippen molar-refractivity contribution in [3.8, 4) is 5.88 Å². The summed E-state index contributed by atoms with van der Waals surface area (Å²) in [6.07, 6.45) is 4.81. The average Bonchev–Trinajstić information content (AvgIpc) is 2.41. The van der Waals surface area contributed by atoms with Gasteiger partial charge < -0.3 is 14.8 Å². The smallest absolute Gasteiger partial charge is 0.218 e. The molecule has 1 aromatic heterocycles. The van der Waals surface area contributed by atoms with Crippen LogP contribution in [0.3, 0.4) is 0 Å². The molecule has 0 amide bonds. The van der Waals surface area contributed by atoms with Crippen LogP contribution < -0.4 is 10.1 Å². The van der Waals surface area contributed by atoms with Gasteiger partial charge in [0.15, 0.2) is 0 Å². The van der Waals surface area contributed by atoms with Crippen molar-refractivity contribution in [3.05, 3.63) is 12.4 Å². The number of hydrogen-bond acceptors (Lipinski definition) is 5. The first-order chi connectivity index (χ1) is 8.86. The molecule has 0 spiro atoms. The number of unbranched alkanes of at least 4 members (excludes halogenated alkanes) is 1. The summed E-state index contributed by atoms with van der Waals surface area (Å²) in [5.74, 6) is 1.39. The number of hydrogen-bond donors (Lipinski definition) is 1. The highest BCUT2D eigenvalue weighted by Crippen LogP contribution is 2.10. The first kappa shape index (κ1) is 14.7. The molecule has 1 heterocycles. The Kier molecular flexibility index (Phi) is 7.88. The van der Waals surface area contributed by atoms with E-state index in [9.17, 15) is 0 Å². The molecule has 5 nitrogen and oxygen atoms in total. The second kappa shape index (κ2) is 9.65. The second-order valence-corrected chi connectivity index (χ2v) is 3.98. The first-order valence-electron chi connectivity index (χ1n) is 6.63. The predicted octanol–water partition coefficient (Wildman–Crippen LogP) is 2.49. The molecule has 0 aromatic carbocycles. The summed E-state index contributed by atoms with van der Waals surface area (Å²) in [4.78, 5) is 8.16. The Balaban J connectivity index is 2.20. The summed E-state index contributed by atoms with van der Waals surface area (Å²) in [5, 5.41) is 3.19. The van der Waals surface area contributed by atoms with E-state index in [0.29, 0.717) is 19.1 Å². The molecule has 0 aliphatic heterocycles. The second-order valence-electron chi connectivity index (χ2n) is 3.98. The Hall–Kier alpha value is -1.36. The Morgan fingerprint density at radius 2 is 2.00 bits per heavy atom. The van der Waals surface area contributed by atoms with E-state index < -0.39 is 0 Å². The van der Waals surface area contributed by atoms with Crippen molar-refractivity contribution in [1.29, 1.82) is 0 Å². The van der Waals surface area contributed by atoms with Gasteiger partial charge in [0.1, 0.15) is 18.8 Å². The normalized spacial score (nSPS) is 10.3. The molecule has 5 heteroatoms. The van der Waals surface area contributed by atoms with Crippen molar-refractivity contribution in [2.45, 2.75) is 33.1 Å². The quantitative estimate of drug-likeness (QED) is 0.649. The minimum atomic E-state index is 0.522. The minimum Gasteiger partial charge on any atom is -0.475 e. The Bertz CT molecular complexity index is 321. The maximum atomic E-state index is 5.49. The number of ether oxygens (including phenoxy) is 2. The van der Waals surface area contributed by atoms with E-state index in [1.165, 1.54) is 6.33 Å². The summed E-state index contributed by atoms with van der Waals surface area (Å²) in [7, 11) is 0. The largest absolute Gasteiger partial charge is 0.475 e. The maximum Gasteiger partial charge on any atom is 0.218 e. The van der Waals surface area contributed by atoms with Crippen LogP contribution in [-0.4, -0.2) is 36.3 Å². The van der Waals surface area contributed by atoms with Gasteiger partial charge in [0.2, 0.25) is 5.88 Å². The van der Waals surface area contributed by atoms with Crippen LogP contribution in [0.5, 0.6) is 5.88 Å². The van der Waals surface area contributed by atoms with E-state index >= 15 is 0 Å². The monoisotopic (exact) mass is 253 g/mol. The summed E-state index contributed by atoms with van der Waals surface area (Å²) in [5.41, 5.74) is 0. The molecule has 0 aliphatic carbocycles. The van der Waals surface area contributed by atoms with E-state index in [4.69, 9.17) is 9.47 Å².